The summed E-state index contributed by atoms with van der Waals surface area (Å²) >= 11 is 0. The van der Waals surface area contributed by atoms with E-state index in [9.17, 15) is 0 Å². The van der Waals surface area contributed by atoms with Crippen molar-refractivity contribution in [2.45, 2.75) is 0 Å². The molecule has 0 fully saturated rings. The highest BCUT2D eigenvalue weighted by atomic mass is 16.5. The number of hydrogen-bond acceptors (Lipinski definition) is 4. The van der Waals surface area contributed by atoms with Gasteiger partial charge < -0.3 is 9.72 Å². The van der Waals surface area contributed by atoms with Crippen LogP contribution in [-0.2, 0) is 7.05 Å². The van der Waals surface area contributed by atoms with Crippen LogP contribution in [-0.4, -0.2) is 31.8 Å². The summed E-state index contributed by atoms with van der Waals surface area (Å²) < 4.78 is 7.38. The molecule has 0 bridgehead atoms. The van der Waals surface area contributed by atoms with Gasteiger partial charge in [0.15, 0.2) is 0 Å². The van der Waals surface area contributed by atoms with Gasteiger partial charge in [-0.15, -0.1) is 0 Å². The fraction of sp³-hybridized carbons (Fsp3) is 0.0952. The Morgan fingerprint density at radius 1 is 1.04 bits per heavy atom. The monoisotopic (exact) mass is 355 g/mol. The lowest BCUT2D eigenvalue weighted by molar-refractivity contribution is 0.416. The summed E-state index contributed by atoms with van der Waals surface area (Å²) in [4.78, 5) is 12.3. The summed E-state index contributed by atoms with van der Waals surface area (Å²) in [5.41, 5.74) is 5.62. The average molecular weight is 355 g/mol. The van der Waals surface area contributed by atoms with Crippen LogP contribution in [0.2, 0.25) is 0 Å². The third-order valence-corrected chi connectivity index (χ3v) is 4.76. The Kier molecular flexibility index (Phi) is 3.43. The molecule has 0 aliphatic rings. The van der Waals surface area contributed by atoms with Crippen LogP contribution < -0.4 is 4.74 Å². The summed E-state index contributed by atoms with van der Waals surface area (Å²) in [6, 6.07) is 14.2. The minimum atomic E-state index is 0.794. The van der Waals surface area contributed by atoms with Gasteiger partial charge in [0.25, 0.3) is 0 Å². The molecular formula is C21H17N5O. The first-order chi connectivity index (χ1) is 13.2. The van der Waals surface area contributed by atoms with Gasteiger partial charge in [0, 0.05) is 41.5 Å². The molecule has 3 aromatic heterocycles. The minimum Gasteiger partial charge on any atom is -0.496 e. The fourth-order valence-electron chi connectivity index (χ4n) is 3.55. The molecule has 0 atom stereocenters. The summed E-state index contributed by atoms with van der Waals surface area (Å²) in [7, 11) is 3.61. The topological polar surface area (TPSA) is 68.6 Å². The van der Waals surface area contributed by atoms with Crippen LogP contribution in [0, 0.1) is 0 Å². The minimum absolute atomic E-state index is 0.794. The molecule has 2 aromatic carbocycles. The third-order valence-electron chi connectivity index (χ3n) is 4.76. The molecular weight excluding hydrogens is 338 g/mol. The number of rotatable bonds is 3. The Balaban J connectivity index is 1.78. The van der Waals surface area contributed by atoms with E-state index >= 15 is 0 Å². The number of nitrogens with one attached hydrogen (secondary N) is 1. The second kappa shape index (κ2) is 5.95. The molecule has 0 aliphatic carbocycles. The Morgan fingerprint density at radius 3 is 2.81 bits per heavy atom. The first-order valence-corrected chi connectivity index (χ1v) is 8.64. The first-order valence-electron chi connectivity index (χ1n) is 8.64. The van der Waals surface area contributed by atoms with Gasteiger partial charge >= 0.3 is 0 Å². The van der Waals surface area contributed by atoms with Gasteiger partial charge in [-0.25, -0.2) is 9.97 Å². The highest BCUT2D eigenvalue weighted by Gasteiger charge is 2.17. The predicted molar refractivity (Wildman–Crippen MR) is 106 cm³/mol. The molecule has 0 saturated carbocycles. The first kappa shape index (κ1) is 15.6. The zero-order valence-corrected chi connectivity index (χ0v) is 15.0. The van der Waals surface area contributed by atoms with Gasteiger partial charge in [-0.2, -0.15) is 5.10 Å². The van der Waals surface area contributed by atoms with E-state index in [0.717, 1.165) is 50.1 Å². The Labute approximate surface area is 155 Å². The van der Waals surface area contributed by atoms with Crippen LogP contribution in [0.25, 0.3) is 44.3 Å². The summed E-state index contributed by atoms with van der Waals surface area (Å²) in [5, 5.41) is 6.59. The van der Waals surface area contributed by atoms with Crippen molar-refractivity contribution in [3.8, 4) is 28.1 Å². The number of fused-ring (bicyclic) bond motifs is 2. The van der Waals surface area contributed by atoms with Crippen LogP contribution in [0.4, 0.5) is 0 Å². The zero-order chi connectivity index (χ0) is 18.4. The van der Waals surface area contributed by atoms with Crippen molar-refractivity contribution in [1.82, 2.24) is 24.7 Å². The molecule has 0 radical (unpaired) electrons. The van der Waals surface area contributed by atoms with E-state index in [0.29, 0.717) is 0 Å². The van der Waals surface area contributed by atoms with Crippen LogP contribution in [0.5, 0.6) is 5.75 Å². The van der Waals surface area contributed by atoms with Crippen LogP contribution in [0.1, 0.15) is 0 Å². The van der Waals surface area contributed by atoms with E-state index in [4.69, 9.17) is 4.74 Å². The number of nitrogens with zero attached hydrogens (tertiary/aromatic N) is 4. The average Bonchev–Trinajstić information content (AvgIpc) is 3.29. The lowest BCUT2D eigenvalue weighted by Crippen LogP contribution is -1.91. The molecule has 0 unspecified atom stereocenters. The maximum absolute atomic E-state index is 5.56. The van der Waals surface area contributed by atoms with Crippen LogP contribution in [0.3, 0.4) is 0 Å². The number of aryl methyl sites for hydroxylation is 1. The highest BCUT2D eigenvalue weighted by molar-refractivity contribution is 6.04. The molecule has 0 spiro atoms. The van der Waals surface area contributed by atoms with E-state index in [-0.39, 0.29) is 0 Å². The number of methoxy groups -OCH3 is 1. The Bertz CT molecular complexity index is 1280. The van der Waals surface area contributed by atoms with Crippen molar-refractivity contribution in [2.75, 3.05) is 7.11 Å². The lowest BCUT2D eigenvalue weighted by atomic mass is 10.0. The highest BCUT2D eigenvalue weighted by Crippen LogP contribution is 2.38. The molecule has 6 nitrogen and oxygen atoms in total. The van der Waals surface area contributed by atoms with E-state index in [1.165, 1.54) is 0 Å². The van der Waals surface area contributed by atoms with Crippen LogP contribution >= 0.6 is 0 Å². The van der Waals surface area contributed by atoms with Crippen molar-refractivity contribution in [3.63, 3.8) is 0 Å². The van der Waals surface area contributed by atoms with Gasteiger partial charge in [-0.1, -0.05) is 30.3 Å². The van der Waals surface area contributed by atoms with Crippen molar-refractivity contribution in [3.05, 3.63) is 61.2 Å². The number of hydrogen-bond donors (Lipinski definition) is 1. The van der Waals surface area contributed by atoms with Gasteiger partial charge in [0.1, 0.15) is 17.7 Å². The molecule has 0 saturated heterocycles. The van der Waals surface area contributed by atoms with Crippen LogP contribution in [0.15, 0.2) is 61.2 Å². The van der Waals surface area contributed by atoms with E-state index in [2.05, 4.69) is 38.2 Å². The molecule has 1 N–H and O–H groups in total. The SMILES string of the molecule is COc1ccccc1-c1c[nH]c2ncnc(-c3ccc4cn(C)nc4c3)c12. The normalized spacial score (nSPS) is 11.3. The summed E-state index contributed by atoms with van der Waals surface area (Å²) in [5.74, 6) is 0.813. The second-order valence-corrected chi connectivity index (χ2v) is 6.42. The largest absolute Gasteiger partial charge is 0.496 e. The maximum atomic E-state index is 5.56. The lowest BCUT2D eigenvalue weighted by Gasteiger charge is -2.09. The number of para-hydroxylation sites is 1. The number of benzene rings is 2. The van der Waals surface area contributed by atoms with E-state index in [1.807, 2.05) is 48.4 Å². The number of aromatic amines is 1. The molecule has 0 aliphatic heterocycles. The van der Waals surface area contributed by atoms with E-state index < -0.39 is 0 Å². The molecule has 3 heterocycles. The van der Waals surface area contributed by atoms with E-state index in [1.54, 1.807) is 13.4 Å². The summed E-state index contributed by atoms with van der Waals surface area (Å²) in [6.07, 6.45) is 5.55. The second-order valence-electron chi connectivity index (χ2n) is 6.42. The molecule has 132 valence electrons. The van der Waals surface area contributed by atoms with Gasteiger partial charge in [-0.3, -0.25) is 4.68 Å². The molecule has 5 aromatic rings. The van der Waals surface area contributed by atoms with Crippen molar-refractivity contribution in [1.29, 1.82) is 0 Å². The molecule has 5 rings (SSSR count). The van der Waals surface area contributed by atoms with Gasteiger partial charge in [-0.05, 0) is 12.1 Å². The Hall–Kier alpha value is -3.67. The number of aromatic nitrogens is 5. The third kappa shape index (κ3) is 2.45. The molecule has 0 amide bonds. The number of ether oxygens (including phenoxy) is 1. The molecule has 27 heavy (non-hydrogen) atoms. The maximum Gasteiger partial charge on any atom is 0.141 e. The number of H-pyrrole nitrogens is 1. The standard InChI is InChI=1S/C21H17N5O/c1-26-11-14-8-7-13(9-17(14)25-26)20-19-16(10-22-21(19)24-12-23-20)15-5-3-4-6-18(15)27-2/h3-12H,1-2H3,(H,22,23,24). The fourth-order valence-corrected chi connectivity index (χ4v) is 3.55. The van der Waals surface area contributed by atoms with Gasteiger partial charge in [0.05, 0.1) is 23.7 Å². The smallest absolute Gasteiger partial charge is 0.141 e. The quantitative estimate of drug-likeness (QED) is 0.527. The predicted octanol–water partition coefficient (Wildman–Crippen LogP) is 4.19. The Morgan fingerprint density at radius 2 is 1.93 bits per heavy atom. The zero-order valence-electron chi connectivity index (χ0n) is 15.0. The summed E-state index contributed by atoms with van der Waals surface area (Å²) in [6.45, 7) is 0. The molecule has 6 heteroatoms. The van der Waals surface area contributed by atoms with Crippen molar-refractivity contribution >= 4 is 21.9 Å². The van der Waals surface area contributed by atoms with Crippen molar-refractivity contribution < 1.29 is 4.74 Å². The van der Waals surface area contributed by atoms with Gasteiger partial charge in [0.2, 0.25) is 0 Å². The van der Waals surface area contributed by atoms with Crippen molar-refractivity contribution in [2.24, 2.45) is 7.05 Å².